The van der Waals surface area contributed by atoms with E-state index >= 15 is 0 Å². The monoisotopic (exact) mass is 344 g/mol. The van der Waals surface area contributed by atoms with Gasteiger partial charge in [-0.15, -0.1) is 11.3 Å². The predicted molar refractivity (Wildman–Crippen MR) is 96.8 cm³/mol. The molecule has 2 aromatic heterocycles. The van der Waals surface area contributed by atoms with Gasteiger partial charge in [0.05, 0.1) is 11.2 Å². The van der Waals surface area contributed by atoms with Crippen molar-refractivity contribution in [1.82, 2.24) is 9.99 Å². The van der Waals surface area contributed by atoms with Crippen molar-refractivity contribution in [2.75, 3.05) is 18.0 Å². The van der Waals surface area contributed by atoms with E-state index in [9.17, 15) is 9.59 Å². The van der Waals surface area contributed by atoms with Crippen LogP contribution in [0.5, 0.6) is 0 Å². The van der Waals surface area contributed by atoms with Gasteiger partial charge in [-0.3, -0.25) is 9.59 Å². The number of hydrogen-bond acceptors (Lipinski definition) is 5. The third-order valence-electron chi connectivity index (χ3n) is 3.87. The van der Waals surface area contributed by atoms with Gasteiger partial charge in [-0.1, -0.05) is 6.07 Å². The first-order valence-electron chi connectivity index (χ1n) is 8.04. The van der Waals surface area contributed by atoms with Crippen LogP contribution in [0, 0.1) is 0 Å². The summed E-state index contributed by atoms with van der Waals surface area (Å²) in [5.74, 6) is -0.327. The van der Waals surface area contributed by atoms with Crippen LogP contribution in [-0.4, -0.2) is 29.8 Å². The standard InChI is InChI=1S/C17H20N4O2S/c22-15(13-21-11-5-2-6-16(21)23)19-18-12-14-7-8-17(24-14)20-9-3-1-4-10-20/h2,5-8,11-12H,1,3-4,9-10,13H2,(H,19,22)/b18-12-. The summed E-state index contributed by atoms with van der Waals surface area (Å²) in [5, 5.41) is 5.23. The lowest BCUT2D eigenvalue weighted by molar-refractivity contribution is -0.121. The Hall–Kier alpha value is -2.41. The van der Waals surface area contributed by atoms with E-state index in [0.29, 0.717) is 0 Å². The molecule has 2 aromatic rings. The van der Waals surface area contributed by atoms with Gasteiger partial charge in [0.15, 0.2) is 0 Å². The first-order valence-corrected chi connectivity index (χ1v) is 8.86. The number of nitrogens with one attached hydrogen (secondary N) is 1. The summed E-state index contributed by atoms with van der Waals surface area (Å²) in [6.07, 6.45) is 7.03. The zero-order valence-electron chi connectivity index (χ0n) is 13.4. The molecular formula is C17H20N4O2S. The smallest absolute Gasteiger partial charge is 0.260 e. The number of thiophene rings is 1. The molecule has 1 N–H and O–H groups in total. The van der Waals surface area contributed by atoms with Crippen molar-refractivity contribution in [3.05, 3.63) is 51.8 Å². The second-order valence-corrected chi connectivity index (χ2v) is 6.78. The molecule has 3 heterocycles. The van der Waals surface area contributed by atoms with Crippen molar-refractivity contribution >= 4 is 28.5 Å². The maximum atomic E-state index is 11.8. The Balaban J connectivity index is 1.52. The Kier molecular flexibility index (Phi) is 5.43. The summed E-state index contributed by atoms with van der Waals surface area (Å²) in [7, 11) is 0. The molecule has 0 atom stereocenters. The van der Waals surface area contributed by atoms with Crippen LogP contribution in [0.25, 0.3) is 0 Å². The molecule has 0 spiro atoms. The molecule has 126 valence electrons. The Morgan fingerprint density at radius 1 is 1.21 bits per heavy atom. The van der Waals surface area contributed by atoms with Crippen LogP contribution in [0.2, 0.25) is 0 Å². The molecule has 3 rings (SSSR count). The number of nitrogens with zero attached hydrogens (tertiary/aromatic N) is 3. The van der Waals surface area contributed by atoms with Gasteiger partial charge in [-0.05, 0) is 37.5 Å². The van der Waals surface area contributed by atoms with Crippen LogP contribution in [0.3, 0.4) is 0 Å². The van der Waals surface area contributed by atoms with E-state index in [-0.39, 0.29) is 18.0 Å². The molecule has 1 saturated heterocycles. The third-order valence-corrected chi connectivity index (χ3v) is 4.95. The predicted octanol–water partition coefficient (Wildman–Crippen LogP) is 2.05. The summed E-state index contributed by atoms with van der Waals surface area (Å²) in [6, 6.07) is 8.89. The molecule has 1 amide bonds. The van der Waals surface area contributed by atoms with E-state index in [1.54, 1.807) is 35.9 Å². The third kappa shape index (κ3) is 4.32. The number of rotatable bonds is 5. The number of aromatic nitrogens is 1. The first-order chi connectivity index (χ1) is 11.7. The van der Waals surface area contributed by atoms with Gasteiger partial charge in [0.2, 0.25) is 0 Å². The van der Waals surface area contributed by atoms with Crippen LogP contribution in [0.15, 0.2) is 46.4 Å². The lowest BCUT2D eigenvalue weighted by Crippen LogP contribution is -2.29. The van der Waals surface area contributed by atoms with Gasteiger partial charge in [-0.2, -0.15) is 5.10 Å². The SMILES string of the molecule is O=C(Cn1ccccc1=O)N/N=C\c1ccc(N2CCCCC2)s1. The van der Waals surface area contributed by atoms with Crippen LogP contribution >= 0.6 is 11.3 Å². The molecule has 0 unspecified atom stereocenters. The highest BCUT2D eigenvalue weighted by molar-refractivity contribution is 7.17. The van der Waals surface area contributed by atoms with Gasteiger partial charge in [0.1, 0.15) is 6.54 Å². The fourth-order valence-corrected chi connectivity index (χ4v) is 3.58. The Morgan fingerprint density at radius 2 is 2.04 bits per heavy atom. The Bertz CT molecular complexity index is 775. The highest BCUT2D eigenvalue weighted by Crippen LogP contribution is 2.27. The van der Waals surface area contributed by atoms with Gasteiger partial charge < -0.3 is 9.47 Å². The van der Waals surface area contributed by atoms with Crippen LogP contribution in [0.4, 0.5) is 5.00 Å². The normalized spacial score (nSPS) is 14.9. The van der Waals surface area contributed by atoms with E-state index < -0.39 is 0 Å². The number of hydrazone groups is 1. The average molecular weight is 344 g/mol. The summed E-state index contributed by atoms with van der Waals surface area (Å²) in [6.45, 7) is 2.18. The molecule has 1 fully saturated rings. The molecule has 0 bridgehead atoms. The van der Waals surface area contributed by atoms with Crippen molar-refractivity contribution in [2.45, 2.75) is 25.8 Å². The number of anilines is 1. The van der Waals surface area contributed by atoms with Crippen LogP contribution in [0.1, 0.15) is 24.1 Å². The average Bonchev–Trinajstić information content (AvgIpc) is 3.07. The van der Waals surface area contributed by atoms with Crippen molar-refractivity contribution in [3.63, 3.8) is 0 Å². The van der Waals surface area contributed by atoms with Crippen molar-refractivity contribution < 1.29 is 4.79 Å². The van der Waals surface area contributed by atoms with Gasteiger partial charge >= 0.3 is 0 Å². The topological polar surface area (TPSA) is 66.7 Å². The second kappa shape index (κ2) is 7.92. The minimum Gasteiger partial charge on any atom is -0.363 e. The molecule has 0 saturated carbocycles. The van der Waals surface area contributed by atoms with E-state index in [4.69, 9.17) is 0 Å². The maximum Gasteiger partial charge on any atom is 0.260 e. The second-order valence-electron chi connectivity index (χ2n) is 5.68. The maximum absolute atomic E-state index is 11.8. The van der Waals surface area contributed by atoms with Crippen molar-refractivity contribution in [1.29, 1.82) is 0 Å². The van der Waals surface area contributed by atoms with Gasteiger partial charge in [0.25, 0.3) is 11.5 Å². The van der Waals surface area contributed by atoms with E-state index in [1.807, 2.05) is 6.07 Å². The van der Waals surface area contributed by atoms with Gasteiger partial charge in [-0.25, -0.2) is 5.43 Å². The van der Waals surface area contributed by atoms with E-state index in [0.717, 1.165) is 18.0 Å². The largest absolute Gasteiger partial charge is 0.363 e. The first kappa shape index (κ1) is 16.4. The zero-order chi connectivity index (χ0) is 16.8. The summed E-state index contributed by atoms with van der Waals surface area (Å²) < 4.78 is 1.34. The van der Waals surface area contributed by atoms with E-state index in [1.165, 1.54) is 34.9 Å². The molecule has 24 heavy (non-hydrogen) atoms. The number of carbonyl (C=O) groups is 1. The lowest BCUT2D eigenvalue weighted by atomic mass is 10.1. The number of amides is 1. The lowest BCUT2D eigenvalue weighted by Gasteiger charge is -2.27. The summed E-state index contributed by atoms with van der Waals surface area (Å²) in [4.78, 5) is 26.8. The highest BCUT2D eigenvalue weighted by Gasteiger charge is 2.12. The fraction of sp³-hybridized carbons (Fsp3) is 0.353. The summed E-state index contributed by atoms with van der Waals surface area (Å²) >= 11 is 1.67. The number of piperidine rings is 1. The molecule has 0 aromatic carbocycles. The van der Waals surface area contributed by atoms with Crippen molar-refractivity contribution in [2.24, 2.45) is 5.10 Å². The number of hydrogen-bond donors (Lipinski definition) is 1. The quantitative estimate of drug-likeness (QED) is 0.667. The van der Waals surface area contributed by atoms with Crippen LogP contribution in [-0.2, 0) is 11.3 Å². The number of pyridine rings is 1. The molecule has 1 aliphatic heterocycles. The van der Waals surface area contributed by atoms with Gasteiger partial charge in [0, 0.05) is 30.2 Å². The Morgan fingerprint density at radius 3 is 2.83 bits per heavy atom. The molecule has 0 aliphatic carbocycles. The molecule has 0 radical (unpaired) electrons. The Labute approximate surface area is 144 Å². The number of carbonyl (C=O) groups excluding carboxylic acids is 1. The summed E-state index contributed by atoms with van der Waals surface area (Å²) in [5.41, 5.74) is 2.25. The molecule has 1 aliphatic rings. The minimum atomic E-state index is -0.327. The zero-order valence-corrected chi connectivity index (χ0v) is 14.2. The van der Waals surface area contributed by atoms with Crippen LogP contribution < -0.4 is 15.9 Å². The van der Waals surface area contributed by atoms with Crippen molar-refractivity contribution in [3.8, 4) is 0 Å². The molecule has 6 nitrogen and oxygen atoms in total. The highest BCUT2D eigenvalue weighted by atomic mass is 32.1. The minimum absolute atomic E-state index is 0.0412. The van der Waals surface area contributed by atoms with E-state index in [2.05, 4.69) is 21.5 Å². The molecule has 7 heteroatoms. The fourth-order valence-electron chi connectivity index (χ4n) is 2.65. The molecular weight excluding hydrogens is 324 g/mol.